The van der Waals surface area contributed by atoms with E-state index in [1.165, 1.54) is 0 Å². The van der Waals surface area contributed by atoms with Gasteiger partial charge in [-0.25, -0.2) is 4.98 Å². The predicted octanol–water partition coefficient (Wildman–Crippen LogP) is 4.37. The van der Waals surface area contributed by atoms with Gasteiger partial charge in [-0.2, -0.15) is 15.2 Å². The van der Waals surface area contributed by atoms with Crippen molar-refractivity contribution in [2.75, 3.05) is 41.5 Å². The summed E-state index contributed by atoms with van der Waals surface area (Å²) in [6.07, 6.45) is 7.29. The number of nitrogens with zero attached hydrogens (tertiary/aromatic N) is 6. The van der Waals surface area contributed by atoms with Crippen molar-refractivity contribution in [3.8, 4) is 11.4 Å². The zero-order chi connectivity index (χ0) is 24.2. The minimum absolute atomic E-state index is 0.418. The van der Waals surface area contributed by atoms with Crippen LogP contribution in [0.4, 0.5) is 34.5 Å². The van der Waals surface area contributed by atoms with Crippen LogP contribution < -0.4 is 26.0 Å². The lowest BCUT2D eigenvalue weighted by Gasteiger charge is -2.33. The average molecular weight is 472 g/mol. The van der Waals surface area contributed by atoms with E-state index in [9.17, 15) is 0 Å². The Hall–Kier alpha value is -4.34. The first-order valence-electron chi connectivity index (χ1n) is 11.7. The first-order valence-corrected chi connectivity index (χ1v) is 11.7. The predicted molar refractivity (Wildman–Crippen MR) is 138 cm³/mol. The molecule has 3 heterocycles. The minimum atomic E-state index is 0.418. The lowest BCUT2D eigenvalue weighted by molar-refractivity contribution is 0.415. The molecule has 0 saturated carbocycles. The van der Waals surface area contributed by atoms with Crippen molar-refractivity contribution < 1.29 is 4.74 Å². The van der Waals surface area contributed by atoms with Crippen LogP contribution in [-0.2, 0) is 0 Å². The summed E-state index contributed by atoms with van der Waals surface area (Å²) in [4.78, 5) is 12.9. The van der Waals surface area contributed by atoms with Crippen molar-refractivity contribution in [2.24, 2.45) is 5.92 Å². The van der Waals surface area contributed by atoms with Gasteiger partial charge >= 0.3 is 0 Å². The van der Waals surface area contributed by atoms with Crippen molar-refractivity contribution in [1.29, 1.82) is 0 Å². The number of benzene rings is 2. The monoisotopic (exact) mass is 471 g/mol. The molecule has 0 aliphatic carbocycles. The van der Waals surface area contributed by atoms with Gasteiger partial charge in [0.05, 0.1) is 42.3 Å². The highest BCUT2D eigenvalue weighted by Gasteiger charge is 2.20. The van der Waals surface area contributed by atoms with Gasteiger partial charge in [0.25, 0.3) is 0 Å². The number of para-hydroxylation sites is 2. The third-order valence-corrected chi connectivity index (χ3v) is 6.18. The SMILES string of the molecule is COc1cc(N2CCC(C)CC2)c(N)cc1Nc1nccc(Nc2ccccc2-n2nccn2)n1. The van der Waals surface area contributed by atoms with E-state index in [0.29, 0.717) is 28.9 Å². The molecular weight excluding hydrogens is 442 g/mol. The van der Waals surface area contributed by atoms with Gasteiger partial charge in [-0.15, -0.1) is 4.80 Å². The molecular formula is C25H29N9O. The summed E-state index contributed by atoms with van der Waals surface area (Å²) in [5.74, 6) is 2.47. The molecule has 1 saturated heterocycles. The quantitative estimate of drug-likeness (QED) is 0.338. The molecule has 10 heteroatoms. The molecule has 0 unspecified atom stereocenters. The smallest absolute Gasteiger partial charge is 0.229 e. The van der Waals surface area contributed by atoms with Crippen molar-refractivity contribution in [1.82, 2.24) is 25.0 Å². The fourth-order valence-corrected chi connectivity index (χ4v) is 4.22. The summed E-state index contributed by atoms with van der Waals surface area (Å²) in [7, 11) is 1.65. The maximum atomic E-state index is 6.45. The second-order valence-electron chi connectivity index (χ2n) is 8.63. The largest absolute Gasteiger partial charge is 0.494 e. The summed E-state index contributed by atoms with van der Waals surface area (Å²) in [6, 6.07) is 13.4. The highest BCUT2D eigenvalue weighted by molar-refractivity contribution is 5.79. The van der Waals surface area contributed by atoms with Gasteiger partial charge in [-0.1, -0.05) is 19.1 Å². The number of nitrogens with one attached hydrogen (secondary N) is 2. The molecule has 0 radical (unpaired) electrons. The zero-order valence-corrected chi connectivity index (χ0v) is 19.8. The summed E-state index contributed by atoms with van der Waals surface area (Å²) in [5.41, 5.74) is 10.5. The van der Waals surface area contributed by atoms with Gasteiger partial charge in [0.15, 0.2) is 0 Å². The van der Waals surface area contributed by atoms with Gasteiger partial charge < -0.3 is 26.0 Å². The van der Waals surface area contributed by atoms with E-state index < -0.39 is 0 Å². The number of rotatable bonds is 7. The van der Waals surface area contributed by atoms with Crippen LogP contribution in [0.3, 0.4) is 0 Å². The van der Waals surface area contributed by atoms with Crippen LogP contribution in [0.5, 0.6) is 5.75 Å². The van der Waals surface area contributed by atoms with Crippen molar-refractivity contribution in [2.45, 2.75) is 19.8 Å². The molecule has 35 heavy (non-hydrogen) atoms. The second-order valence-corrected chi connectivity index (χ2v) is 8.63. The third-order valence-electron chi connectivity index (χ3n) is 6.18. The van der Waals surface area contributed by atoms with Gasteiger partial charge in [0, 0.05) is 25.4 Å². The molecule has 0 bridgehead atoms. The van der Waals surface area contributed by atoms with Gasteiger partial charge in [0.2, 0.25) is 5.95 Å². The number of ether oxygens (including phenoxy) is 1. The van der Waals surface area contributed by atoms with Crippen molar-refractivity contribution >= 4 is 34.5 Å². The van der Waals surface area contributed by atoms with Crippen LogP contribution in [0.25, 0.3) is 5.69 Å². The molecule has 0 atom stereocenters. The molecule has 0 amide bonds. The van der Waals surface area contributed by atoms with E-state index in [1.54, 1.807) is 36.6 Å². The van der Waals surface area contributed by atoms with Crippen molar-refractivity contribution in [3.63, 3.8) is 0 Å². The Morgan fingerprint density at radius 3 is 2.49 bits per heavy atom. The summed E-state index contributed by atoms with van der Waals surface area (Å²) >= 11 is 0. The molecule has 1 aliphatic heterocycles. The highest BCUT2D eigenvalue weighted by atomic mass is 16.5. The summed E-state index contributed by atoms with van der Waals surface area (Å²) in [6.45, 7) is 4.28. The fourth-order valence-electron chi connectivity index (χ4n) is 4.22. The van der Waals surface area contributed by atoms with E-state index >= 15 is 0 Å². The Morgan fingerprint density at radius 1 is 0.943 bits per heavy atom. The molecule has 5 rings (SSSR count). The van der Waals surface area contributed by atoms with E-state index in [-0.39, 0.29) is 0 Å². The number of aromatic nitrogens is 5. The molecule has 1 fully saturated rings. The summed E-state index contributed by atoms with van der Waals surface area (Å²) in [5, 5.41) is 15.0. The maximum absolute atomic E-state index is 6.45. The number of piperidine rings is 1. The van der Waals surface area contributed by atoms with E-state index in [2.05, 4.69) is 42.6 Å². The molecule has 4 aromatic rings. The molecule has 10 nitrogen and oxygen atoms in total. The van der Waals surface area contributed by atoms with Crippen LogP contribution in [0.1, 0.15) is 19.8 Å². The zero-order valence-electron chi connectivity index (χ0n) is 19.8. The van der Waals surface area contributed by atoms with Crippen LogP contribution in [0.15, 0.2) is 61.1 Å². The molecule has 2 aromatic heterocycles. The Bertz CT molecular complexity index is 1280. The first-order chi connectivity index (χ1) is 17.1. The Kier molecular flexibility index (Phi) is 6.34. The Labute approximate surface area is 204 Å². The Balaban J connectivity index is 1.37. The normalized spacial score (nSPS) is 14.1. The minimum Gasteiger partial charge on any atom is -0.494 e. The lowest BCUT2D eigenvalue weighted by Crippen LogP contribution is -2.33. The van der Waals surface area contributed by atoms with Gasteiger partial charge in [0.1, 0.15) is 17.3 Å². The number of nitrogen functional groups attached to an aromatic ring is 1. The maximum Gasteiger partial charge on any atom is 0.229 e. The third kappa shape index (κ3) is 4.96. The summed E-state index contributed by atoms with van der Waals surface area (Å²) < 4.78 is 5.68. The van der Waals surface area contributed by atoms with E-state index in [0.717, 1.165) is 48.9 Å². The van der Waals surface area contributed by atoms with E-state index in [1.807, 2.05) is 36.4 Å². The number of anilines is 6. The lowest BCUT2D eigenvalue weighted by atomic mass is 9.98. The van der Waals surface area contributed by atoms with Crippen LogP contribution in [-0.4, -0.2) is 45.2 Å². The van der Waals surface area contributed by atoms with E-state index in [4.69, 9.17) is 10.5 Å². The van der Waals surface area contributed by atoms with Crippen LogP contribution in [0.2, 0.25) is 0 Å². The topological polar surface area (TPSA) is 119 Å². The molecule has 4 N–H and O–H groups in total. The van der Waals surface area contributed by atoms with Gasteiger partial charge in [-0.05, 0) is 43.0 Å². The standard InChI is InChI=1S/C25H29N9O/c1-17-8-13-33(14-9-17)22-16-23(35-2)20(15-18(22)26)31-25-27-10-7-24(32-25)30-19-5-3-4-6-21(19)34-28-11-12-29-34/h3-7,10-12,15-17H,8-9,13-14,26H2,1-2H3,(H2,27,30,31,32). The second kappa shape index (κ2) is 9.88. The van der Waals surface area contributed by atoms with Crippen LogP contribution in [0, 0.1) is 5.92 Å². The molecule has 2 aromatic carbocycles. The molecule has 0 spiro atoms. The Morgan fingerprint density at radius 2 is 1.71 bits per heavy atom. The van der Waals surface area contributed by atoms with Gasteiger partial charge in [-0.3, -0.25) is 0 Å². The molecule has 180 valence electrons. The molecule has 1 aliphatic rings. The number of nitrogens with two attached hydrogens (primary N) is 1. The average Bonchev–Trinajstić information content (AvgIpc) is 3.40. The first kappa shape index (κ1) is 22.5. The fraction of sp³-hybridized carbons (Fsp3) is 0.280. The number of hydrogen-bond donors (Lipinski definition) is 3. The number of methoxy groups -OCH3 is 1. The highest BCUT2D eigenvalue weighted by Crippen LogP contribution is 2.38. The van der Waals surface area contributed by atoms with Crippen molar-refractivity contribution in [3.05, 3.63) is 61.1 Å². The number of hydrogen-bond acceptors (Lipinski definition) is 9. The van der Waals surface area contributed by atoms with Crippen LogP contribution >= 0.6 is 0 Å².